The molecule has 22 heavy (non-hydrogen) atoms. The minimum absolute atomic E-state index is 0.00143. The zero-order valence-electron chi connectivity index (χ0n) is 15.7. The van der Waals surface area contributed by atoms with Crippen molar-refractivity contribution in [3.63, 3.8) is 0 Å². The van der Waals surface area contributed by atoms with Gasteiger partial charge in [0.15, 0.2) is 0 Å². The number of rotatable bonds is 6. The van der Waals surface area contributed by atoms with E-state index in [4.69, 9.17) is 0 Å². The lowest BCUT2D eigenvalue weighted by molar-refractivity contribution is -0.135. The maximum absolute atomic E-state index is 12.5. The number of Topliss-reactive ketones (excluding diaryl/α,β-unsaturated/α-hetero) is 2. The number of hydrogen-bond acceptors (Lipinski definition) is 3. The summed E-state index contributed by atoms with van der Waals surface area (Å²) in [6.45, 7) is 16.7. The van der Waals surface area contributed by atoms with Gasteiger partial charge in [0, 0.05) is 29.7 Å². The summed E-state index contributed by atoms with van der Waals surface area (Å²) in [5.41, 5.74) is -0.728. The third-order valence-corrected chi connectivity index (χ3v) is 4.13. The minimum atomic E-state index is -0.429. The molecule has 0 saturated carbocycles. The molecular weight excluding hydrogens is 278 g/mol. The van der Waals surface area contributed by atoms with Crippen molar-refractivity contribution in [2.45, 2.75) is 74.8 Å². The molecule has 0 fully saturated rings. The van der Waals surface area contributed by atoms with Crippen LogP contribution in [0.1, 0.15) is 68.7 Å². The largest absolute Gasteiger partial charge is 0.353 e. The summed E-state index contributed by atoms with van der Waals surface area (Å²) in [5.74, 6) is -0.671. The first kappa shape index (κ1) is 20.8. The van der Waals surface area contributed by atoms with E-state index in [0.29, 0.717) is 0 Å². The standard InChI is InChI=1S/C18H33NO3/c1-11(20)10-14(17(4,5)6)16(22)19-13(3)12(2)15(21)18(7,8)9/h12-14H,10H2,1-9H3,(H,19,22). The predicted octanol–water partition coefficient (Wildman–Crippen LogP) is 3.38. The molecule has 3 unspecified atom stereocenters. The van der Waals surface area contributed by atoms with Gasteiger partial charge < -0.3 is 10.1 Å². The van der Waals surface area contributed by atoms with E-state index in [1.807, 2.05) is 55.4 Å². The van der Waals surface area contributed by atoms with Crippen LogP contribution in [0.2, 0.25) is 0 Å². The number of ketones is 2. The molecule has 0 heterocycles. The van der Waals surface area contributed by atoms with Gasteiger partial charge in [-0.05, 0) is 19.3 Å². The molecule has 1 amide bonds. The molecule has 128 valence electrons. The average Bonchev–Trinajstić information content (AvgIpc) is 2.30. The number of hydrogen-bond donors (Lipinski definition) is 1. The Kier molecular flexibility index (Phi) is 6.98. The van der Waals surface area contributed by atoms with Crippen molar-refractivity contribution >= 4 is 17.5 Å². The van der Waals surface area contributed by atoms with Gasteiger partial charge in [0.1, 0.15) is 11.6 Å². The third kappa shape index (κ3) is 6.29. The van der Waals surface area contributed by atoms with Gasteiger partial charge in [0.25, 0.3) is 0 Å². The van der Waals surface area contributed by atoms with Crippen LogP contribution >= 0.6 is 0 Å². The van der Waals surface area contributed by atoms with Gasteiger partial charge in [-0.2, -0.15) is 0 Å². The van der Waals surface area contributed by atoms with E-state index in [1.54, 1.807) is 0 Å². The van der Waals surface area contributed by atoms with Crippen molar-refractivity contribution in [3.8, 4) is 0 Å². The Morgan fingerprint density at radius 1 is 0.955 bits per heavy atom. The summed E-state index contributed by atoms with van der Waals surface area (Å²) in [7, 11) is 0. The summed E-state index contributed by atoms with van der Waals surface area (Å²) in [5, 5.41) is 2.93. The first-order chi connectivity index (χ1) is 9.67. The van der Waals surface area contributed by atoms with Gasteiger partial charge in [-0.25, -0.2) is 0 Å². The molecule has 0 aliphatic heterocycles. The Balaban J connectivity index is 5.01. The zero-order chi connectivity index (χ0) is 17.9. The van der Waals surface area contributed by atoms with E-state index in [1.165, 1.54) is 6.92 Å². The van der Waals surface area contributed by atoms with Crippen LogP contribution in [-0.2, 0) is 14.4 Å². The fourth-order valence-electron chi connectivity index (χ4n) is 2.44. The van der Waals surface area contributed by atoms with Gasteiger partial charge in [-0.15, -0.1) is 0 Å². The molecule has 0 aromatic carbocycles. The van der Waals surface area contributed by atoms with Crippen LogP contribution in [0.3, 0.4) is 0 Å². The van der Waals surface area contributed by atoms with Crippen LogP contribution in [0.25, 0.3) is 0 Å². The second-order valence-electron chi connectivity index (χ2n) is 8.52. The van der Waals surface area contributed by atoms with Crippen molar-refractivity contribution in [3.05, 3.63) is 0 Å². The van der Waals surface area contributed by atoms with E-state index < -0.39 is 5.41 Å². The Morgan fingerprint density at radius 2 is 1.41 bits per heavy atom. The van der Waals surface area contributed by atoms with E-state index in [9.17, 15) is 14.4 Å². The van der Waals surface area contributed by atoms with Gasteiger partial charge in [-0.1, -0.05) is 48.5 Å². The van der Waals surface area contributed by atoms with Crippen LogP contribution < -0.4 is 5.32 Å². The molecule has 4 nitrogen and oxygen atoms in total. The Hall–Kier alpha value is -1.19. The fourth-order valence-corrected chi connectivity index (χ4v) is 2.44. The Morgan fingerprint density at radius 3 is 1.73 bits per heavy atom. The van der Waals surface area contributed by atoms with Crippen molar-refractivity contribution in [2.24, 2.45) is 22.7 Å². The van der Waals surface area contributed by atoms with Crippen LogP contribution in [0.5, 0.6) is 0 Å². The molecule has 0 bridgehead atoms. The highest BCUT2D eigenvalue weighted by molar-refractivity contribution is 5.89. The zero-order valence-corrected chi connectivity index (χ0v) is 15.7. The Labute approximate surface area is 135 Å². The van der Waals surface area contributed by atoms with Crippen molar-refractivity contribution in [1.29, 1.82) is 0 Å². The highest BCUT2D eigenvalue weighted by Gasteiger charge is 2.35. The second kappa shape index (κ2) is 7.38. The summed E-state index contributed by atoms with van der Waals surface area (Å²) in [6, 6.07) is -0.254. The summed E-state index contributed by atoms with van der Waals surface area (Å²) < 4.78 is 0. The summed E-state index contributed by atoms with van der Waals surface area (Å²) >= 11 is 0. The lowest BCUT2D eigenvalue weighted by Gasteiger charge is -2.32. The van der Waals surface area contributed by atoms with E-state index in [-0.39, 0.29) is 47.2 Å². The van der Waals surface area contributed by atoms with Crippen molar-refractivity contribution in [1.82, 2.24) is 5.32 Å². The van der Waals surface area contributed by atoms with Crippen molar-refractivity contribution in [2.75, 3.05) is 0 Å². The molecule has 0 aromatic rings. The second-order valence-corrected chi connectivity index (χ2v) is 8.52. The lowest BCUT2D eigenvalue weighted by Crippen LogP contribution is -2.47. The first-order valence-corrected chi connectivity index (χ1v) is 8.02. The normalized spacial score (nSPS) is 16.6. The van der Waals surface area contributed by atoms with E-state index >= 15 is 0 Å². The molecule has 4 heteroatoms. The molecule has 0 aromatic heterocycles. The van der Waals surface area contributed by atoms with Gasteiger partial charge >= 0.3 is 0 Å². The lowest BCUT2D eigenvalue weighted by atomic mass is 9.76. The third-order valence-electron chi connectivity index (χ3n) is 4.13. The van der Waals surface area contributed by atoms with E-state index in [0.717, 1.165) is 0 Å². The quantitative estimate of drug-likeness (QED) is 0.818. The SMILES string of the molecule is CC(=O)CC(C(=O)NC(C)C(C)C(=O)C(C)(C)C)C(C)(C)C. The monoisotopic (exact) mass is 311 g/mol. The molecule has 1 N–H and O–H groups in total. The highest BCUT2D eigenvalue weighted by atomic mass is 16.2. The highest BCUT2D eigenvalue weighted by Crippen LogP contribution is 2.30. The smallest absolute Gasteiger partial charge is 0.224 e. The molecule has 0 saturated heterocycles. The number of carbonyl (C=O) groups is 3. The average molecular weight is 311 g/mol. The molecule has 0 spiro atoms. The Bertz CT molecular complexity index is 427. The summed E-state index contributed by atoms with van der Waals surface area (Å²) in [6.07, 6.45) is 0.226. The number of nitrogens with one attached hydrogen (secondary N) is 1. The van der Waals surface area contributed by atoms with Gasteiger partial charge in [-0.3, -0.25) is 9.59 Å². The molecule has 3 atom stereocenters. The summed E-state index contributed by atoms with van der Waals surface area (Å²) in [4.78, 5) is 36.3. The predicted molar refractivity (Wildman–Crippen MR) is 89.5 cm³/mol. The van der Waals surface area contributed by atoms with Gasteiger partial charge in [0.2, 0.25) is 5.91 Å². The topological polar surface area (TPSA) is 63.2 Å². The maximum Gasteiger partial charge on any atom is 0.224 e. The van der Waals surface area contributed by atoms with Crippen LogP contribution in [0.4, 0.5) is 0 Å². The van der Waals surface area contributed by atoms with E-state index in [2.05, 4.69) is 5.32 Å². The number of carbonyl (C=O) groups excluding carboxylic acids is 3. The first-order valence-electron chi connectivity index (χ1n) is 8.02. The molecular formula is C18H33NO3. The van der Waals surface area contributed by atoms with Crippen LogP contribution in [0, 0.1) is 22.7 Å². The maximum atomic E-state index is 12.5. The molecule has 0 aliphatic rings. The van der Waals surface area contributed by atoms with Crippen LogP contribution in [-0.4, -0.2) is 23.5 Å². The minimum Gasteiger partial charge on any atom is -0.353 e. The van der Waals surface area contributed by atoms with Crippen molar-refractivity contribution < 1.29 is 14.4 Å². The molecule has 0 aliphatic carbocycles. The number of amides is 1. The molecule has 0 rings (SSSR count). The van der Waals surface area contributed by atoms with Crippen LogP contribution in [0.15, 0.2) is 0 Å². The molecule has 0 radical (unpaired) electrons. The fraction of sp³-hybridized carbons (Fsp3) is 0.833. The van der Waals surface area contributed by atoms with Gasteiger partial charge in [0.05, 0.1) is 0 Å².